The minimum atomic E-state index is -0.520. The Morgan fingerprint density at radius 3 is 2.68 bits per heavy atom. The molecule has 1 aromatic carbocycles. The standard InChI is InChI=1S/C12H15ClN2O4/c1-8-6-11(15(17)18)9(13)7-10(8)14(2)5-4-12(16)19-3/h6-7H,4-5H2,1-3H3. The molecule has 7 heteroatoms. The second-order valence-electron chi connectivity index (χ2n) is 4.09. The Morgan fingerprint density at radius 1 is 1.53 bits per heavy atom. The van der Waals surface area contributed by atoms with Gasteiger partial charge in [-0.3, -0.25) is 14.9 Å². The van der Waals surface area contributed by atoms with Gasteiger partial charge in [-0.05, 0) is 18.6 Å². The molecule has 0 amide bonds. The predicted octanol–water partition coefficient (Wildman–Crippen LogP) is 2.56. The van der Waals surface area contributed by atoms with Gasteiger partial charge in [-0.2, -0.15) is 0 Å². The number of ether oxygens (including phenoxy) is 1. The highest BCUT2D eigenvalue weighted by atomic mass is 35.5. The molecule has 0 radical (unpaired) electrons. The van der Waals surface area contributed by atoms with Crippen LogP contribution in [0.4, 0.5) is 11.4 Å². The lowest BCUT2D eigenvalue weighted by Crippen LogP contribution is -2.22. The molecule has 0 unspecified atom stereocenters. The fourth-order valence-corrected chi connectivity index (χ4v) is 1.92. The molecule has 0 aliphatic rings. The van der Waals surface area contributed by atoms with Gasteiger partial charge in [-0.1, -0.05) is 11.6 Å². The third-order valence-corrected chi connectivity index (χ3v) is 3.06. The minimum absolute atomic E-state index is 0.0792. The van der Waals surface area contributed by atoms with Gasteiger partial charge in [0.2, 0.25) is 0 Å². The molecule has 0 bridgehead atoms. The number of anilines is 1. The summed E-state index contributed by atoms with van der Waals surface area (Å²) in [6, 6.07) is 2.96. The van der Waals surface area contributed by atoms with Crippen molar-refractivity contribution < 1.29 is 14.5 Å². The van der Waals surface area contributed by atoms with Gasteiger partial charge in [0.15, 0.2) is 0 Å². The van der Waals surface area contributed by atoms with Gasteiger partial charge in [0.1, 0.15) is 5.02 Å². The molecule has 6 nitrogen and oxygen atoms in total. The Labute approximate surface area is 116 Å². The van der Waals surface area contributed by atoms with E-state index >= 15 is 0 Å². The second-order valence-corrected chi connectivity index (χ2v) is 4.50. The molecule has 0 fully saturated rings. The van der Waals surface area contributed by atoms with Crippen molar-refractivity contribution in [1.29, 1.82) is 0 Å². The second kappa shape index (κ2) is 6.38. The van der Waals surface area contributed by atoms with Crippen LogP contribution in [-0.2, 0) is 9.53 Å². The number of methoxy groups -OCH3 is 1. The summed E-state index contributed by atoms with van der Waals surface area (Å²) in [5.41, 5.74) is 1.35. The highest BCUT2D eigenvalue weighted by molar-refractivity contribution is 6.33. The molecule has 19 heavy (non-hydrogen) atoms. The van der Waals surface area contributed by atoms with E-state index in [0.717, 1.165) is 11.3 Å². The van der Waals surface area contributed by atoms with Crippen LogP contribution in [-0.4, -0.2) is 31.6 Å². The first-order valence-corrected chi connectivity index (χ1v) is 5.97. The summed E-state index contributed by atoms with van der Waals surface area (Å²) in [4.78, 5) is 23.1. The van der Waals surface area contributed by atoms with Gasteiger partial charge in [-0.25, -0.2) is 0 Å². The number of hydrogen-bond donors (Lipinski definition) is 0. The van der Waals surface area contributed by atoms with Crippen LogP contribution < -0.4 is 4.90 Å². The van der Waals surface area contributed by atoms with Gasteiger partial charge in [0.25, 0.3) is 5.69 Å². The van der Waals surface area contributed by atoms with Gasteiger partial charge in [0.05, 0.1) is 18.5 Å². The van der Waals surface area contributed by atoms with Crippen LogP contribution >= 0.6 is 11.6 Å². The zero-order chi connectivity index (χ0) is 14.6. The Bertz CT molecular complexity index is 505. The van der Waals surface area contributed by atoms with Crippen LogP contribution in [0.5, 0.6) is 0 Å². The number of carbonyl (C=O) groups is 1. The number of carbonyl (C=O) groups excluding carboxylic acids is 1. The third-order valence-electron chi connectivity index (χ3n) is 2.75. The molecule has 1 rings (SSSR count). The van der Waals surface area contributed by atoms with Crippen LogP contribution in [0, 0.1) is 17.0 Å². The highest BCUT2D eigenvalue weighted by Gasteiger charge is 2.17. The number of rotatable bonds is 5. The quantitative estimate of drug-likeness (QED) is 0.472. The zero-order valence-electron chi connectivity index (χ0n) is 11.0. The smallest absolute Gasteiger partial charge is 0.307 e. The third kappa shape index (κ3) is 3.82. The average Bonchev–Trinajstić information content (AvgIpc) is 2.37. The first-order chi connectivity index (χ1) is 8.86. The number of esters is 1. The molecule has 0 saturated carbocycles. The van der Waals surface area contributed by atoms with Crippen molar-refractivity contribution >= 4 is 28.9 Å². The molecule has 0 heterocycles. The normalized spacial score (nSPS) is 10.1. The van der Waals surface area contributed by atoms with Crippen LogP contribution in [0.1, 0.15) is 12.0 Å². The zero-order valence-corrected chi connectivity index (χ0v) is 11.7. The Hall–Kier alpha value is -1.82. The molecule has 0 aromatic heterocycles. The van der Waals surface area contributed by atoms with E-state index in [0.29, 0.717) is 6.54 Å². The van der Waals surface area contributed by atoms with Crippen LogP contribution in [0.25, 0.3) is 0 Å². The summed E-state index contributed by atoms with van der Waals surface area (Å²) in [5, 5.41) is 10.8. The van der Waals surface area contributed by atoms with Crippen molar-refractivity contribution in [2.45, 2.75) is 13.3 Å². The number of hydrogen-bond acceptors (Lipinski definition) is 5. The Balaban J connectivity index is 2.92. The fraction of sp³-hybridized carbons (Fsp3) is 0.417. The fourth-order valence-electron chi connectivity index (χ4n) is 1.69. The SMILES string of the molecule is COC(=O)CCN(C)c1cc(Cl)c([N+](=O)[O-])cc1C. The largest absolute Gasteiger partial charge is 0.469 e. The van der Waals surface area contributed by atoms with Crippen LogP contribution in [0.3, 0.4) is 0 Å². The number of nitro groups is 1. The van der Waals surface area contributed by atoms with Crippen molar-refractivity contribution in [3.8, 4) is 0 Å². The lowest BCUT2D eigenvalue weighted by molar-refractivity contribution is -0.384. The van der Waals surface area contributed by atoms with E-state index < -0.39 is 4.92 Å². The van der Waals surface area contributed by atoms with Crippen molar-refractivity contribution in [3.05, 3.63) is 32.8 Å². The predicted molar refractivity (Wildman–Crippen MR) is 72.7 cm³/mol. The molecular formula is C12H15ClN2O4. The maximum Gasteiger partial charge on any atom is 0.307 e. The van der Waals surface area contributed by atoms with Gasteiger partial charge in [0, 0.05) is 25.3 Å². The summed E-state index contributed by atoms with van der Waals surface area (Å²) >= 11 is 5.87. The number of nitrogens with zero attached hydrogens (tertiary/aromatic N) is 2. The van der Waals surface area contributed by atoms with E-state index in [1.54, 1.807) is 14.0 Å². The summed E-state index contributed by atoms with van der Waals surface area (Å²) in [6.45, 7) is 2.20. The van der Waals surface area contributed by atoms with E-state index in [-0.39, 0.29) is 23.1 Å². The molecule has 1 aromatic rings. The van der Waals surface area contributed by atoms with E-state index in [1.807, 2.05) is 4.90 Å². The van der Waals surface area contributed by atoms with Gasteiger partial charge < -0.3 is 9.64 Å². The molecule has 0 atom stereocenters. The first kappa shape index (κ1) is 15.2. The highest BCUT2D eigenvalue weighted by Crippen LogP contribution is 2.32. The van der Waals surface area contributed by atoms with Crippen molar-refractivity contribution in [3.63, 3.8) is 0 Å². The summed E-state index contributed by atoms with van der Waals surface area (Å²) in [5.74, 6) is -0.308. The summed E-state index contributed by atoms with van der Waals surface area (Å²) in [6.07, 6.45) is 0.237. The van der Waals surface area contributed by atoms with Crippen molar-refractivity contribution in [1.82, 2.24) is 0 Å². The average molecular weight is 287 g/mol. The maximum absolute atomic E-state index is 11.1. The van der Waals surface area contributed by atoms with Crippen LogP contribution in [0.15, 0.2) is 12.1 Å². The summed E-state index contributed by atoms with van der Waals surface area (Å²) < 4.78 is 4.56. The number of benzene rings is 1. The van der Waals surface area contributed by atoms with Crippen molar-refractivity contribution in [2.75, 3.05) is 25.6 Å². The number of halogens is 1. The van der Waals surface area contributed by atoms with Gasteiger partial charge in [-0.15, -0.1) is 0 Å². The molecule has 0 aliphatic carbocycles. The molecule has 0 saturated heterocycles. The van der Waals surface area contributed by atoms with E-state index in [1.165, 1.54) is 19.2 Å². The molecule has 0 N–H and O–H groups in total. The van der Waals surface area contributed by atoms with Crippen molar-refractivity contribution in [2.24, 2.45) is 0 Å². The molecule has 0 spiro atoms. The molecule has 0 aliphatic heterocycles. The topological polar surface area (TPSA) is 72.7 Å². The molecule has 104 valence electrons. The Kier molecular flexibility index (Phi) is 5.11. The van der Waals surface area contributed by atoms with E-state index in [9.17, 15) is 14.9 Å². The number of nitro benzene ring substituents is 1. The minimum Gasteiger partial charge on any atom is -0.469 e. The maximum atomic E-state index is 11.1. The first-order valence-electron chi connectivity index (χ1n) is 5.59. The monoisotopic (exact) mass is 286 g/mol. The lowest BCUT2D eigenvalue weighted by Gasteiger charge is -2.21. The van der Waals surface area contributed by atoms with E-state index in [4.69, 9.17) is 11.6 Å². The van der Waals surface area contributed by atoms with Gasteiger partial charge >= 0.3 is 5.97 Å². The lowest BCUT2D eigenvalue weighted by atomic mass is 10.1. The van der Waals surface area contributed by atoms with E-state index in [2.05, 4.69) is 4.74 Å². The molecular weight excluding hydrogens is 272 g/mol. The Morgan fingerprint density at radius 2 is 2.16 bits per heavy atom. The summed E-state index contributed by atoms with van der Waals surface area (Å²) in [7, 11) is 3.11. The van der Waals surface area contributed by atoms with Crippen LogP contribution in [0.2, 0.25) is 5.02 Å². The number of aryl methyl sites for hydroxylation is 1.